The van der Waals surface area contributed by atoms with Gasteiger partial charge in [-0.3, -0.25) is 0 Å². The second-order valence-corrected chi connectivity index (χ2v) is 4.44. The smallest absolute Gasteiger partial charge is 0.338 e. The molecular formula is C13H17FO2. The van der Waals surface area contributed by atoms with E-state index in [2.05, 4.69) is 0 Å². The van der Waals surface area contributed by atoms with Gasteiger partial charge in [0.2, 0.25) is 0 Å². The van der Waals surface area contributed by atoms with Gasteiger partial charge in [0.1, 0.15) is 5.82 Å². The predicted molar refractivity (Wildman–Crippen MR) is 61.7 cm³/mol. The van der Waals surface area contributed by atoms with Crippen molar-refractivity contribution in [3.8, 4) is 0 Å². The summed E-state index contributed by atoms with van der Waals surface area (Å²) in [5, 5.41) is 9.03. The van der Waals surface area contributed by atoms with Crippen LogP contribution in [0.4, 0.5) is 4.39 Å². The minimum absolute atomic E-state index is 0.0163. The molecule has 0 aromatic heterocycles. The molecule has 0 amide bonds. The summed E-state index contributed by atoms with van der Waals surface area (Å²) in [5.41, 5.74) is 2.57. The van der Waals surface area contributed by atoms with Gasteiger partial charge in [-0.15, -0.1) is 0 Å². The SMILES string of the molecule is Cc1c(C)c(C(=O)O)c(F)c(C(C)C)c1C. The standard InChI is InChI=1S/C13H17FO2/c1-6(2)10-8(4)7(3)9(5)11(12(10)14)13(15)16/h6H,1-5H3,(H,15,16). The first kappa shape index (κ1) is 12.7. The third-order valence-electron chi connectivity index (χ3n) is 3.15. The molecule has 1 N–H and O–H groups in total. The number of hydrogen-bond donors (Lipinski definition) is 1. The number of rotatable bonds is 2. The number of benzene rings is 1. The van der Waals surface area contributed by atoms with Crippen LogP contribution in [0.2, 0.25) is 0 Å². The van der Waals surface area contributed by atoms with E-state index in [0.717, 1.165) is 11.1 Å². The molecule has 88 valence electrons. The number of carboxylic acid groups (broad SMARTS) is 1. The van der Waals surface area contributed by atoms with Crippen molar-refractivity contribution in [3.05, 3.63) is 33.6 Å². The largest absolute Gasteiger partial charge is 0.478 e. The van der Waals surface area contributed by atoms with Crippen LogP contribution in [-0.4, -0.2) is 11.1 Å². The first-order valence-corrected chi connectivity index (χ1v) is 5.31. The maximum absolute atomic E-state index is 14.1. The second-order valence-electron chi connectivity index (χ2n) is 4.44. The van der Waals surface area contributed by atoms with Crippen molar-refractivity contribution in [2.75, 3.05) is 0 Å². The molecule has 0 saturated heterocycles. The van der Waals surface area contributed by atoms with Gasteiger partial charge in [0.25, 0.3) is 0 Å². The molecule has 2 nitrogen and oxygen atoms in total. The van der Waals surface area contributed by atoms with Gasteiger partial charge in [0.05, 0.1) is 5.56 Å². The first-order chi connectivity index (χ1) is 7.29. The summed E-state index contributed by atoms with van der Waals surface area (Å²) in [6.07, 6.45) is 0. The number of aromatic carboxylic acids is 1. The van der Waals surface area contributed by atoms with E-state index in [9.17, 15) is 9.18 Å². The van der Waals surface area contributed by atoms with Crippen molar-refractivity contribution in [3.63, 3.8) is 0 Å². The fourth-order valence-electron chi connectivity index (χ4n) is 2.08. The lowest BCUT2D eigenvalue weighted by atomic mass is 9.88. The van der Waals surface area contributed by atoms with Crippen LogP contribution in [-0.2, 0) is 0 Å². The third kappa shape index (κ3) is 1.82. The van der Waals surface area contributed by atoms with E-state index in [1.807, 2.05) is 27.7 Å². The van der Waals surface area contributed by atoms with Gasteiger partial charge in [-0.05, 0) is 48.9 Å². The summed E-state index contributed by atoms with van der Waals surface area (Å²) in [5.74, 6) is -1.79. The lowest BCUT2D eigenvalue weighted by Gasteiger charge is -2.18. The zero-order valence-corrected chi connectivity index (χ0v) is 10.3. The summed E-state index contributed by atoms with van der Waals surface area (Å²) in [7, 11) is 0. The molecular weight excluding hydrogens is 207 g/mol. The Balaban J connectivity index is 3.73. The molecule has 0 aliphatic rings. The summed E-state index contributed by atoms with van der Waals surface area (Å²) >= 11 is 0. The highest BCUT2D eigenvalue weighted by atomic mass is 19.1. The van der Waals surface area contributed by atoms with E-state index in [4.69, 9.17) is 5.11 Å². The molecule has 0 aliphatic carbocycles. The zero-order chi connectivity index (χ0) is 12.6. The molecule has 1 aromatic carbocycles. The fraction of sp³-hybridized carbons (Fsp3) is 0.462. The van der Waals surface area contributed by atoms with Crippen molar-refractivity contribution in [1.82, 2.24) is 0 Å². The van der Waals surface area contributed by atoms with Gasteiger partial charge >= 0.3 is 5.97 Å². The normalized spacial score (nSPS) is 10.9. The average Bonchev–Trinajstić information content (AvgIpc) is 2.13. The molecule has 0 bridgehead atoms. The molecule has 0 atom stereocenters. The summed E-state index contributed by atoms with van der Waals surface area (Å²) in [6.45, 7) is 9.06. The Bertz CT molecular complexity index is 448. The Morgan fingerprint density at radius 3 is 2.00 bits per heavy atom. The molecule has 0 radical (unpaired) electrons. The Hall–Kier alpha value is -1.38. The van der Waals surface area contributed by atoms with E-state index in [1.165, 1.54) is 0 Å². The zero-order valence-electron chi connectivity index (χ0n) is 10.3. The van der Waals surface area contributed by atoms with Crippen LogP contribution < -0.4 is 0 Å². The lowest BCUT2D eigenvalue weighted by molar-refractivity contribution is 0.0690. The highest BCUT2D eigenvalue weighted by Crippen LogP contribution is 2.30. The molecule has 0 heterocycles. The molecule has 1 rings (SSSR count). The van der Waals surface area contributed by atoms with Crippen molar-refractivity contribution in [1.29, 1.82) is 0 Å². The highest BCUT2D eigenvalue weighted by Gasteiger charge is 2.23. The van der Waals surface area contributed by atoms with Crippen molar-refractivity contribution >= 4 is 5.97 Å². The molecule has 16 heavy (non-hydrogen) atoms. The van der Waals surface area contributed by atoms with Crippen molar-refractivity contribution in [2.24, 2.45) is 0 Å². The number of carbonyl (C=O) groups is 1. The van der Waals surface area contributed by atoms with Gasteiger partial charge in [-0.25, -0.2) is 9.18 Å². The van der Waals surface area contributed by atoms with Crippen LogP contribution in [0.1, 0.15) is 52.4 Å². The number of carboxylic acids is 1. The topological polar surface area (TPSA) is 37.3 Å². The van der Waals surface area contributed by atoms with E-state index < -0.39 is 11.8 Å². The van der Waals surface area contributed by atoms with Crippen LogP contribution >= 0.6 is 0 Å². The molecule has 3 heteroatoms. The van der Waals surface area contributed by atoms with E-state index >= 15 is 0 Å². The van der Waals surface area contributed by atoms with E-state index in [1.54, 1.807) is 6.92 Å². The highest BCUT2D eigenvalue weighted by molar-refractivity contribution is 5.90. The second kappa shape index (κ2) is 4.24. The van der Waals surface area contributed by atoms with Gasteiger partial charge in [-0.2, -0.15) is 0 Å². The predicted octanol–water partition coefficient (Wildman–Crippen LogP) is 3.57. The van der Waals surface area contributed by atoms with E-state index in [0.29, 0.717) is 11.1 Å². The molecule has 0 unspecified atom stereocenters. The third-order valence-corrected chi connectivity index (χ3v) is 3.15. The summed E-state index contributed by atoms with van der Waals surface area (Å²) < 4.78 is 14.1. The minimum atomic E-state index is -1.19. The molecule has 0 saturated carbocycles. The Labute approximate surface area is 95.1 Å². The Kier molecular flexibility index (Phi) is 3.36. The van der Waals surface area contributed by atoms with Gasteiger partial charge in [-0.1, -0.05) is 13.8 Å². The van der Waals surface area contributed by atoms with Gasteiger partial charge < -0.3 is 5.11 Å². The Morgan fingerprint density at radius 1 is 1.12 bits per heavy atom. The maximum Gasteiger partial charge on any atom is 0.338 e. The van der Waals surface area contributed by atoms with Crippen LogP contribution in [0.15, 0.2) is 0 Å². The van der Waals surface area contributed by atoms with Crippen molar-refractivity contribution in [2.45, 2.75) is 40.5 Å². The Morgan fingerprint density at radius 2 is 1.62 bits per heavy atom. The minimum Gasteiger partial charge on any atom is -0.478 e. The molecule has 0 aliphatic heterocycles. The van der Waals surface area contributed by atoms with Crippen LogP contribution in [0.5, 0.6) is 0 Å². The van der Waals surface area contributed by atoms with Crippen LogP contribution in [0, 0.1) is 26.6 Å². The maximum atomic E-state index is 14.1. The van der Waals surface area contributed by atoms with Gasteiger partial charge in [0.15, 0.2) is 0 Å². The average molecular weight is 224 g/mol. The molecule has 0 spiro atoms. The van der Waals surface area contributed by atoms with Gasteiger partial charge in [0, 0.05) is 0 Å². The number of halogens is 1. The number of hydrogen-bond acceptors (Lipinski definition) is 1. The fourth-order valence-corrected chi connectivity index (χ4v) is 2.08. The molecule has 0 fully saturated rings. The summed E-state index contributed by atoms with van der Waals surface area (Å²) in [4.78, 5) is 11.0. The quantitative estimate of drug-likeness (QED) is 0.833. The molecule has 1 aromatic rings. The monoisotopic (exact) mass is 224 g/mol. The lowest BCUT2D eigenvalue weighted by Crippen LogP contribution is -2.12. The summed E-state index contributed by atoms with van der Waals surface area (Å²) in [6, 6.07) is 0. The van der Waals surface area contributed by atoms with Crippen LogP contribution in [0.25, 0.3) is 0 Å². The van der Waals surface area contributed by atoms with E-state index in [-0.39, 0.29) is 11.5 Å². The first-order valence-electron chi connectivity index (χ1n) is 5.31. The van der Waals surface area contributed by atoms with Crippen LogP contribution in [0.3, 0.4) is 0 Å². The van der Waals surface area contributed by atoms with Crippen molar-refractivity contribution < 1.29 is 14.3 Å².